The lowest BCUT2D eigenvalue weighted by Crippen LogP contribution is -2.34. The zero-order valence-electron chi connectivity index (χ0n) is 21.8. The molecule has 1 aliphatic heterocycles. The molecule has 1 N–H and O–H groups in total. The van der Waals surface area contributed by atoms with Gasteiger partial charge in [0.2, 0.25) is 11.5 Å². The second kappa shape index (κ2) is 12.6. The quantitative estimate of drug-likeness (QED) is 0.298. The molecule has 11 heteroatoms. The average molecular weight is 642 g/mol. The molecule has 0 aliphatic carbocycles. The van der Waals surface area contributed by atoms with Gasteiger partial charge in [-0.3, -0.25) is 4.90 Å². The lowest BCUT2D eigenvalue weighted by Gasteiger charge is -2.28. The summed E-state index contributed by atoms with van der Waals surface area (Å²) < 4.78 is 34.5. The molecule has 0 bridgehead atoms. The normalized spacial score (nSPS) is 16.1. The van der Waals surface area contributed by atoms with Gasteiger partial charge in [-0.25, -0.2) is 0 Å². The molecule has 0 aromatic heterocycles. The van der Waals surface area contributed by atoms with E-state index in [0.717, 1.165) is 22.3 Å². The molecule has 2 aromatic carbocycles. The lowest BCUT2D eigenvalue weighted by molar-refractivity contribution is 0.315. The molecule has 3 rings (SSSR count). The predicted octanol–water partition coefficient (Wildman–Crippen LogP) is 5.51. The minimum absolute atomic E-state index is 0.458. The highest BCUT2D eigenvalue weighted by Crippen LogP contribution is 2.47. The summed E-state index contributed by atoms with van der Waals surface area (Å²) in [5, 5.41) is 13.8. The van der Waals surface area contributed by atoms with E-state index in [-0.39, 0.29) is 0 Å². The molecule has 37 heavy (non-hydrogen) atoms. The molecule has 0 amide bonds. The van der Waals surface area contributed by atoms with E-state index in [1.807, 2.05) is 31.3 Å². The van der Waals surface area contributed by atoms with E-state index in [1.165, 1.54) is 0 Å². The van der Waals surface area contributed by atoms with Crippen LogP contribution in [0.1, 0.15) is 11.1 Å². The summed E-state index contributed by atoms with van der Waals surface area (Å²) in [5.41, 5.74) is 3.59. The van der Waals surface area contributed by atoms with Crippen molar-refractivity contribution < 1.29 is 33.6 Å². The second-order valence-corrected chi connectivity index (χ2v) is 9.64. The van der Waals surface area contributed by atoms with Gasteiger partial charge in [0, 0.05) is 13.1 Å². The first kappa shape index (κ1) is 28.7. The first-order valence-electron chi connectivity index (χ1n) is 11.1. The topological polar surface area (TPSA) is 91.2 Å². The highest BCUT2D eigenvalue weighted by molar-refractivity contribution is 9.11. The molecule has 0 saturated carbocycles. The predicted molar refractivity (Wildman–Crippen MR) is 150 cm³/mol. The van der Waals surface area contributed by atoms with Crippen LogP contribution >= 0.6 is 31.9 Å². The zero-order chi connectivity index (χ0) is 27.3. The third kappa shape index (κ3) is 5.68. The number of ether oxygens (including phenoxy) is 6. The number of halogens is 2. The number of nitrogens with zero attached hydrogens (tertiary/aromatic N) is 2. The Morgan fingerprint density at radius 3 is 1.38 bits per heavy atom. The molecule has 0 radical (unpaired) electrons. The lowest BCUT2D eigenvalue weighted by atomic mass is 9.93. The Kier molecular flexibility index (Phi) is 9.74. The van der Waals surface area contributed by atoms with Gasteiger partial charge >= 0.3 is 0 Å². The van der Waals surface area contributed by atoms with Crippen LogP contribution in [0.5, 0.6) is 34.5 Å². The van der Waals surface area contributed by atoms with E-state index in [9.17, 15) is 5.21 Å². The maximum absolute atomic E-state index is 10.1. The summed E-state index contributed by atoms with van der Waals surface area (Å²) in [6.07, 6.45) is 3.86. The van der Waals surface area contributed by atoms with Crippen molar-refractivity contribution in [3.63, 3.8) is 0 Å². The third-order valence-corrected chi connectivity index (χ3v) is 7.48. The van der Waals surface area contributed by atoms with Gasteiger partial charge in [-0.15, -0.1) is 0 Å². The Balaban J connectivity index is 2.18. The van der Waals surface area contributed by atoms with Crippen molar-refractivity contribution in [1.29, 1.82) is 0 Å². The van der Waals surface area contributed by atoms with Crippen molar-refractivity contribution in [3.8, 4) is 34.5 Å². The van der Waals surface area contributed by atoms with Crippen LogP contribution in [-0.4, -0.2) is 78.6 Å². The Morgan fingerprint density at radius 1 is 0.703 bits per heavy atom. The largest absolute Gasteiger partial charge is 0.493 e. The van der Waals surface area contributed by atoms with Gasteiger partial charge in [-0.2, -0.15) is 0 Å². The zero-order valence-corrected chi connectivity index (χ0v) is 24.9. The van der Waals surface area contributed by atoms with Crippen molar-refractivity contribution in [2.45, 2.75) is 0 Å². The number of hydrogen-bond donors (Lipinski definition) is 1. The van der Waals surface area contributed by atoms with Crippen molar-refractivity contribution in [2.24, 2.45) is 5.16 Å². The van der Waals surface area contributed by atoms with Gasteiger partial charge in [-0.1, -0.05) is 5.16 Å². The van der Waals surface area contributed by atoms with E-state index in [1.54, 1.807) is 42.7 Å². The minimum Gasteiger partial charge on any atom is -0.493 e. The smallest absolute Gasteiger partial charge is 0.204 e. The number of likely N-dealkylation sites (N-methyl/N-ethyl adjacent to an activating group) is 1. The van der Waals surface area contributed by atoms with Crippen LogP contribution in [0.2, 0.25) is 0 Å². The molecule has 0 atom stereocenters. The van der Waals surface area contributed by atoms with Gasteiger partial charge in [0.05, 0.1) is 51.6 Å². The minimum atomic E-state index is 0.458. The van der Waals surface area contributed by atoms with Crippen molar-refractivity contribution in [2.75, 3.05) is 62.8 Å². The van der Waals surface area contributed by atoms with E-state index >= 15 is 0 Å². The molecule has 0 unspecified atom stereocenters. The number of likely N-dealkylation sites (tertiary alicyclic amines) is 1. The fourth-order valence-electron chi connectivity index (χ4n) is 4.22. The van der Waals surface area contributed by atoms with Crippen LogP contribution in [0, 0.1) is 0 Å². The van der Waals surface area contributed by atoms with Crippen molar-refractivity contribution >= 4 is 49.7 Å². The fraction of sp³-hybridized carbons (Fsp3) is 0.346. The van der Waals surface area contributed by atoms with Gasteiger partial charge in [0.1, 0.15) is 5.71 Å². The summed E-state index contributed by atoms with van der Waals surface area (Å²) in [6.45, 7) is 1.10. The number of methoxy groups -OCH3 is 6. The molecule has 200 valence electrons. The average Bonchev–Trinajstić information content (AvgIpc) is 2.89. The summed E-state index contributed by atoms with van der Waals surface area (Å²) in [5.74, 6) is 2.97. The van der Waals surface area contributed by atoms with Crippen molar-refractivity contribution in [1.82, 2.24) is 4.90 Å². The van der Waals surface area contributed by atoms with Crippen molar-refractivity contribution in [3.05, 3.63) is 43.4 Å². The molecule has 1 saturated heterocycles. The van der Waals surface area contributed by atoms with Crippen LogP contribution < -0.4 is 28.4 Å². The maximum atomic E-state index is 10.1. The molecule has 1 fully saturated rings. The SMILES string of the molecule is COc1cc(/C=C2\CN(C)C/C(=C\c3cc(OC)c(OC)c(OC)c3Br)C2=NO)c(Br)c(OC)c1OC. The van der Waals surface area contributed by atoms with Crippen LogP contribution in [0.15, 0.2) is 37.4 Å². The molecule has 9 nitrogen and oxygen atoms in total. The summed E-state index contributed by atoms with van der Waals surface area (Å²) in [7, 11) is 11.3. The van der Waals surface area contributed by atoms with E-state index < -0.39 is 0 Å². The van der Waals surface area contributed by atoms with Crippen LogP contribution in [-0.2, 0) is 0 Å². The highest BCUT2D eigenvalue weighted by atomic mass is 79.9. The van der Waals surface area contributed by atoms with E-state index in [0.29, 0.717) is 62.2 Å². The monoisotopic (exact) mass is 640 g/mol. The number of rotatable bonds is 8. The summed E-state index contributed by atoms with van der Waals surface area (Å²) in [6, 6.07) is 3.67. The first-order valence-corrected chi connectivity index (χ1v) is 12.7. The van der Waals surface area contributed by atoms with Gasteiger partial charge < -0.3 is 33.6 Å². The summed E-state index contributed by atoms with van der Waals surface area (Å²) in [4.78, 5) is 2.12. The van der Waals surface area contributed by atoms with E-state index in [4.69, 9.17) is 28.4 Å². The number of oxime groups is 1. The number of hydrogen-bond acceptors (Lipinski definition) is 9. The van der Waals surface area contributed by atoms with Crippen LogP contribution in [0.4, 0.5) is 0 Å². The third-order valence-electron chi connectivity index (χ3n) is 5.84. The Bertz CT molecular complexity index is 1170. The standard InChI is InChI=1S/C26H30Br2N2O7/c1-30-12-16(8-14-10-18(32-2)23(34-4)25(36-6)20(14)27)22(29-31)17(13-30)9-15-11-19(33-3)24(35-5)26(37-7)21(15)28/h8-11,31H,12-13H2,1-7H3/b16-8+,17-9+. The van der Waals surface area contributed by atoms with Crippen LogP contribution in [0.3, 0.4) is 0 Å². The number of benzene rings is 2. The molecule has 0 spiro atoms. The Labute approximate surface area is 233 Å². The van der Waals surface area contributed by atoms with Gasteiger partial charge in [0.15, 0.2) is 23.0 Å². The molecule has 1 aliphatic rings. The first-order chi connectivity index (χ1) is 17.8. The highest BCUT2D eigenvalue weighted by Gasteiger charge is 2.26. The van der Waals surface area contributed by atoms with Gasteiger partial charge in [-0.05, 0) is 85.5 Å². The summed E-state index contributed by atoms with van der Waals surface area (Å²) >= 11 is 7.24. The van der Waals surface area contributed by atoms with Gasteiger partial charge in [0.25, 0.3) is 0 Å². The molecular formula is C26H30Br2N2O7. The molecule has 2 aromatic rings. The molecular weight excluding hydrogens is 612 g/mol. The molecule has 1 heterocycles. The number of piperidine rings is 1. The second-order valence-electron chi connectivity index (χ2n) is 8.06. The Hall–Kier alpha value is -2.89. The fourth-order valence-corrected chi connectivity index (χ4v) is 5.36. The maximum Gasteiger partial charge on any atom is 0.204 e. The van der Waals surface area contributed by atoms with E-state index in [2.05, 4.69) is 41.9 Å². The Morgan fingerprint density at radius 2 is 1.08 bits per heavy atom. The van der Waals surface area contributed by atoms with Crippen LogP contribution in [0.25, 0.3) is 12.2 Å².